The average molecular weight is 356 g/mol. The molecule has 20 heavy (non-hydrogen) atoms. The summed E-state index contributed by atoms with van der Waals surface area (Å²) in [7, 11) is 0. The molecule has 1 aromatic rings. The van der Waals surface area contributed by atoms with Crippen LogP contribution in [0.3, 0.4) is 0 Å². The lowest BCUT2D eigenvalue weighted by Gasteiger charge is -2.23. The first-order chi connectivity index (χ1) is 9.32. The molecule has 3 nitrogen and oxygen atoms in total. The molecule has 0 radical (unpaired) electrons. The minimum Gasteiger partial charge on any atom is -0.442 e. The van der Waals surface area contributed by atoms with Gasteiger partial charge in [0.25, 0.3) is 0 Å². The van der Waals surface area contributed by atoms with Crippen molar-refractivity contribution >= 4 is 41.5 Å². The maximum absolute atomic E-state index is 10.0. The van der Waals surface area contributed by atoms with E-state index in [0.717, 1.165) is 18.7 Å². The molecule has 0 aliphatic rings. The van der Waals surface area contributed by atoms with Crippen molar-refractivity contribution in [3.8, 4) is 5.75 Å². The van der Waals surface area contributed by atoms with Crippen molar-refractivity contribution in [3.63, 3.8) is 0 Å². The normalized spacial score (nSPS) is 14.3. The van der Waals surface area contributed by atoms with Gasteiger partial charge in [0.2, 0.25) is 6.49 Å². The maximum atomic E-state index is 10.0. The zero-order valence-corrected chi connectivity index (χ0v) is 15.1. The third-order valence-electron chi connectivity index (χ3n) is 3.01. The Balaban J connectivity index is 3.17. The number of halogens is 2. The Hall–Kier alpha value is 0.170. The van der Waals surface area contributed by atoms with Gasteiger partial charge in [-0.3, -0.25) is 4.90 Å². The highest BCUT2D eigenvalue weighted by Gasteiger charge is 2.19. The van der Waals surface area contributed by atoms with Gasteiger partial charge in [-0.2, -0.15) is 0 Å². The molecule has 0 bridgehead atoms. The maximum Gasteiger partial charge on any atom is 0.235 e. The Morgan fingerprint density at radius 2 is 1.85 bits per heavy atom. The second-order valence-corrected chi connectivity index (χ2v) is 9.03. The molecule has 0 aliphatic heterocycles. The summed E-state index contributed by atoms with van der Waals surface area (Å²) >= 11 is 17.3. The van der Waals surface area contributed by atoms with Crippen molar-refractivity contribution < 1.29 is 9.42 Å². The van der Waals surface area contributed by atoms with E-state index < -0.39 is 6.49 Å². The standard InChI is InChI=1S/C13H20Cl2NO2PS/c1-4-16(5-2)9-10-7-11(14)8-12(15)13(10)18-19(17,20)6-3/h7-8H,4-6,9H2,1-3H3,(H,17,20). The molecule has 0 fully saturated rings. The lowest BCUT2D eigenvalue weighted by Crippen LogP contribution is -2.22. The molecule has 0 saturated carbocycles. The third kappa shape index (κ3) is 5.18. The Morgan fingerprint density at radius 1 is 1.25 bits per heavy atom. The van der Waals surface area contributed by atoms with Crippen LogP contribution < -0.4 is 4.52 Å². The van der Waals surface area contributed by atoms with Gasteiger partial charge in [0.1, 0.15) is 5.75 Å². The van der Waals surface area contributed by atoms with Gasteiger partial charge in [0, 0.05) is 23.3 Å². The Labute approximate surface area is 136 Å². The largest absolute Gasteiger partial charge is 0.442 e. The molecule has 1 N–H and O–H groups in total. The summed E-state index contributed by atoms with van der Waals surface area (Å²) in [5.74, 6) is 0.454. The van der Waals surface area contributed by atoms with Crippen molar-refractivity contribution in [2.24, 2.45) is 0 Å². The topological polar surface area (TPSA) is 32.7 Å². The zero-order valence-electron chi connectivity index (χ0n) is 11.9. The van der Waals surface area contributed by atoms with Gasteiger partial charge in [-0.25, -0.2) is 0 Å². The first-order valence-corrected chi connectivity index (χ1v) is 10.2. The molecule has 114 valence electrons. The second-order valence-electron chi connectivity index (χ2n) is 4.38. The number of hydrogen-bond donors (Lipinski definition) is 1. The van der Waals surface area contributed by atoms with E-state index in [-0.39, 0.29) is 0 Å². The molecule has 1 unspecified atom stereocenters. The second kappa shape index (κ2) is 7.98. The Bertz CT molecular complexity index is 509. The van der Waals surface area contributed by atoms with Gasteiger partial charge in [0.05, 0.1) is 5.02 Å². The molecule has 7 heteroatoms. The van der Waals surface area contributed by atoms with Crippen molar-refractivity contribution in [3.05, 3.63) is 27.7 Å². The van der Waals surface area contributed by atoms with Crippen LogP contribution in [-0.2, 0) is 18.4 Å². The van der Waals surface area contributed by atoms with Gasteiger partial charge in [0.15, 0.2) is 0 Å². The predicted molar refractivity (Wildman–Crippen MR) is 90.8 cm³/mol. The van der Waals surface area contributed by atoms with Crippen LogP contribution >= 0.6 is 29.7 Å². The molecule has 0 aliphatic carbocycles. The number of hydrogen-bond acceptors (Lipinski definition) is 3. The molecule has 1 aromatic carbocycles. The molecule has 0 heterocycles. The van der Waals surface area contributed by atoms with Crippen LogP contribution in [-0.4, -0.2) is 29.0 Å². The number of nitrogens with zero attached hydrogens (tertiary/aromatic N) is 1. The van der Waals surface area contributed by atoms with Crippen LogP contribution in [0, 0.1) is 0 Å². The quantitative estimate of drug-likeness (QED) is 0.728. The smallest absolute Gasteiger partial charge is 0.235 e. The summed E-state index contributed by atoms with van der Waals surface area (Å²) in [5, 5.41) is 0.934. The van der Waals surface area contributed by atoms with E-state index in [4.69, 9.17) is 39.5 Å². The van der Waals surface area contributed by atoms with Crippen molar-refractivity contribution in [1.29, 1.82) is 0 Å². The van der Waals surface area contributed by atoms with Crippen LogP contribution in [0.25, 0.3) is 0 Å². The van der Waals surface area contributed by atoms with Crippen LogP contribution in [0.15, 0.2) is 12.1 Å². The van der Waals surface area contributed by atoms with Crippen molar-refractivity contribution in [2.45, 2.75) is 27.3 Å². The summed E-state index contributed by atoms with van der Waals surface area (Å²) in [4.78, 5) is 12.3. The third-order valence-corrected chi connectivity index (χ3v) is 5.77. The summed E-state index contributed by atoms with van der Waals surface area (Å²) in [6, 6.07) is 3.42. The molecule has 0 saturated heterocycles. The van der Waals surface area contributed by atoms with Gasteiger partial charge in [-0.1, -0.05) is 44.0 Å². The Morgan fingerprint density at radius 3 is 2.35 bits per heavy atom. The first kappa shape index (κ1) is 18.2. The lowest BCUT2D eigenvalue weighted by atomic mass is 10.2. The highest BCUT2D eigenvalue weighted by Crippen LogP contribution is 2.47. The molecule has 0 aromatic heterocycles. The first-order valence-electron chi connectivity index (χ1n) is 6.54. The van der Waals surface area contributed by atoms with Crippen LogP contribution in [0.4, 0.5) is 0 Å². The lowest BCUT2D eigenvalue weighted by molar-refractivity contribution is 0.293. The van der Waals surface area contributed by atoms with E-state index in [1.54, 1.807) is 13.0 Å². The van der Waals surface area contributed by atoms with Gasteiger partial charge in [-0.15, -0.1) is 0 Å². The van der Waals surface area contributed by atoms with Crippen LogP contribution in [0.2, 0.25) is 10.0 Å². The predicted octanol–water partition coefficient (Wildman–Crippen LogP) is 4.54. The van der Waals surface area contributed by atoms with E-state index in [0.29, 0.717) is 28.5 Å². The molecule has 1 atom stereocenters. The molecular formula is C13H20Cl2NO2PS. The summed E-state index contributed by atoms with van der Waals surface area (Å²) < 4.78 is 5.62. The van der Waals surface area contributed by atoms with E-state index >= 15 is 0 Å². The van der Waals surface area contributed by atoms with E-state index in [9.17, 15) is 4.89 Å². The number of benzene rings is 1. The van der Waals surface area contributed by atoms with Crippen molar-refractivity contribution in [2.75, 3.05) is 19.3 Å². The molecular weight excluding hydrogens is 336 g/mol. The fraction of sp³-hybridized carbons (Fsp3) is 0.538. The highest BCUT2D eigenvalue weighted by molar-refractivity contribution is 8.09. The van der Waals surface area contributed by atoms with E-state index in [1.165, 1.54) is 0 Å². The van der Waals surface area contributed by atoms with Gasteiger partial charge < -0.3 is 9.42 Å². The summed E-state index contributed by atoms with van der Waals surface area (Å²) in [5.41, 5.74) is 0.850. The molecule has 0 amide bonds. The SMILES string of the molecule is CCN(CC)Cc1cc(Cl)cc(Cl)c1OP(O)(=S)CC. The zero-order chi connectivity index (χ0) is 15.3. The van der Waals surface area contributed by atoms with Crippen LogP contribution in [0.1, 0.15) is 26.3 Å². The van der Waals surface area contributed by atoms with E-state index in [1.807, 2.05) is 6.07 Å². The summed E-state index contributed by atoms with van der Waals surface area (Å²) in [6.45, 7) is 5.59. The number of rotatable bonds is 7. The van der Waals surface area contributed by atoms with E-state index in [2.05, 4.69) is 18.7 Å². The molecule has 1 rings (SSSR count). The van der Waals surface area contributed by atoms with Gasteiger partial charge in [-0.05, 0) is 37.0 Å². The minimum atomic E-state index is -2.84. The summed E-state index contributed by atoms with van der Waals surface area (Å²) in [6.07, 6.45) is 0.395. The van der Waals surface area contributed by atoms with Gasteiger partial charge >= 0.3 is 0 Å². The highest BCUT2D eigenvalue weighted by atomic mass is 35.5. The van der Waals surface area contributed by atoms with Crippen LogP contribution in [0.5, 0.6) is 5.75 Å². The monoisotopic (exact) mass is 355 g/mol. The fourth-order valence-electron chi connectivity index (χ4n) is 1.73. The minimum absolute atomic E-state index is 0.386. The van der Waals surface area contributed by atoms with Crippen molar-refractivity contribution in [1.82, 2.24) is 4.90 Å². The molecule has 0 spiro atoms. The Kier molecular flexibility index (Phi) is 7.27. The fourth-order valence-corrected chi connectivity index (χ4v) is 3.21. The average Bonchev–Trinajstić information content (AvgIpc) is 2.39.